The van der Waals surface area contributed by atoms with Crippen molar-refractivity contribution in [2.24, 2.45) is 15.6 Å². The molecule has 1 aliphatic rings. The molecule has 0 spiro atoms. The average molecular weight is 141 g/mol. The maximum atomic E-state index is 10.5. The summed E-state index contributed by atoms with van der Waals surface area (Å²) < 4.78 is 0. The number of azo groups is 1. The van der Waals surface area contributed by atoms with Crippen molar-refractivity contribution in [3.05, 3.63) is 0 Å². The zero-order valence-electron chi connectivity index (χ0n) is 6.38. The van der Waals surface area contributed by atoms with Gasteiger partial charge in [0.05, 0.1) is 0 Å². The first kappa shape index (κ1) is 7.18. The van der Waals surface area contributed by atoms with Gasteiger partial charge in [-0.3, -0.25) is 0 Å². The summed E-state index contributed by atoms with van der Waals surface area (Å²) in [5.74, 6) is 0. The summed E-state index contributed by atoms with van der Waals surface area (Å²) in [6.45, 7) is 6.01. The fourth-order valence-corrected chi connectivity index (χ4v) is 0.675. The molecule has 4 heteroatoms. The van der Waals surface area contributed by atoms with Crippen molar-refractivity contribution < 1.29 is 4.79 Å². The Morgan fingerprint density at radius 2 is 2.10 bits per heavy atom. The first-order valence-electron chi connectivity index (χ1n) is 3.21. The molecular formula is C6H11N3O. The van der Waals surface area contributed by atoms with E-state index in [1.165, 1.54) is 0 Å². The molecule has 1 N–H and O–H groups in total. The van der Waals surface area contributed by atoms with Gasteiger partial charge in [0, 0.05) is 5.41 Å². The second-order valence-electron chi connectivity index (χ2n) is 3.43. The van der Waals surface area contributed by atoms with E-state index in [4.69, 9.17) is 0 Å². The molecule has 0 saturated carbocycles. The minimum absolute atomic E-state index is 0.0321. The van der Waals surface area contributed by atoms with Crippen LogP contribution < -0.4 is 5.32 Å². The number of rotatable bonds is 0. The Morgan fingerprint density at radius 3 is 2.30 bits per heavy atom. The van der Waals surface area contributed by atoms with E-state index in [-0.39, 0.29) is 17.6 Å². The maximum Gasteiger partial charge on any atom is 0.361 e. The molecule has 1 unspecified atom stereocenters. The van der Waals surface area contributed by atoms with Gasteiger partial charge in [0.1, 0.15) is 6.17 Å². The van der Waals surface area contributed by atoms with Gasteiger partial charge < -0.3 is 5.32 Å². The molecule has 0 fully saturated rings. The van der Waals surface area contributed by atoms with Crippen LogP contribution >= 0.6 is 0 Å². The van der Waals surface area contributed by atoms with Gasteiger partial charge in [0.2, 0.25) is 0 Å². The molecule has 1 aliphatic heterocycles. The second kappa shape index (κ2) is 2.04. The van der Waals surface area contributed by atoms with Crippen LogP contribution in [0.4, 0.5) is 4.79 Å². The van der Waals surface area contributed by atoms with Crippen LogP contribution in [0.5, 0.6) is 0 Å². The Morgan fingerprint density at radius 1 is 1.50 bits per heavy atom. The van der Waals surface area contributed by atoms with Crippen LogP contribution in [0.1, 0.15) is 20.8 Å². The van der Waals surface area contributed by atoms with Gasteiger partial charge in [0.25, 0.3) is 0 Å². The third kappa shape index (κ3) is 1.32. The topological polar surface area (TPSA) is 53.8 Å². The predicted octanol–water partition coefficient (Wildman–Crippen LogP) is 1.53. The molecule has 10 heavy (non-hydrogen) atoms. The molecule has 0 radical (unpaired) electrons. The Kier molecular flexibility index (Phi) is 1.46. The monoisotopic (exact) mass is 141 g/mol. The van der Waals surface area contributed by atoms with Crippen LogP contribution in [0, 0.1) is 5.41 Å². The molecule has 4 nitrogen and oxygen atoms in total. The number of hydrogen-bond acceptors (Lipinski definition) is 2. The van der Waals surface area contributed by atoms with Crippen molar-refractivity contribution in [2.45, 2.75) is 26.9 Å². The third-order valence-electron chi connectivity index (χ3n) is 1.34. The highest BCUT2D eigenvalue weighted by Gasteiger charge is 2.29. The Labute approximate surface area is 59.7 Å². The Balaban J connectivity index is 2.63. The summed E-state index contributed by atoms with van der Waals surface area (Å²) in [7, 11) is 0. The smallest absolute Gasteiger partial charge is 0.311 e. The van der Waals surface area contributed by atoms with Gasteiger partial charge >= 0.3 is 6.03 Å². The summed E-state index contributed by atoms with van der Waals surface area (Å²) in [6.07, 6.45) is -0.153. The molecule has 2 amide bonds. The normalized spacial score (nSPS) is 25.1. The summed E-state index contributed by atoms with van der Waals surface area (Å²) in [5, 5.41) is 9.73. The number of carbonyl (C=O) groups is 1. The molecule has 1 rings (SSSR count). The van der Waals surface area contributed by atoms with Crippen molar-refractivity contribution >= 4 is 6.03 Å². The Hall–Kier alpha value is -0.930. The molecule has 0 saturated heterocycles. The highest BCUT2D eigenvalue weighted by Crippen LogP contribution is 2.22. The summed E-state index contributed by atoms with van der Waals surface area (Å²) in [6, 6.07) is -0.333. The molecule has 1 atom stereocenters. The number of carbonyl (C=O) groups excluding carboxylic acids is 1. The van der Waals surface area contributed by atoms with E-state index >= 15 is 0 Å². The predicted molar refractivity (Wildman–Crippen MR) is 36.6 cm³/mol. The standard InChI is InChI=1S/C6H11N3O/c1-6(2,3)4-7-5(10)9-8-4/h4H,1-3H3,(H,7,10). The second-order valence-corrected chi connectivity index (χ2v) is 3.43. The van der Waals surface area contributed by atoms with Gasteiger partial charge in [0.15, 0.2) is 0 Å². The largest absolute Gasteiger partial charge is 0.361 e. The van der Waals surface area contributed by atoms with E-state index in [2.05, 4.69) is 15.5 Å². The van der Waals surface area contributed by atoms with Gasteiger partial charge in [-0.15, -0.1) is 0 Å². The molecule has 0 aromatic heterocycles. The maximum absolute atomic E-state index is 10.5. The molecule has 56 valence electrons. The van der Waals surface area contributed by atoms with Crippen LogP contribution in [0.3, 0.4) is 0 Å². The molecule has 0 bridgehead atoms. The van der Waals surface area contributed by atoms with Gasteiger partial charge in [-0.25, -0.2) is 4.79 Å². The molecular weight excluding hydrogens is 130 g/mol. The lowest BCUT2D eigenvalue weighted by atomic mass is 9.93. The molecule has 0 aromatic rings. The van der Waals surface area contributed by atoms with Crippen LogP contribution in [-0.4, -0.2) is 12.2 Å². The minimum atomic E-state index is -0.333. The Bertz CT molecular complexity index is 180. The molecule has 0 aromatic carbocycles. The van der Waals surface area contributed by atoms with Crippen molar-refractivity contribution in [3.63, 3.8) is 0 Å². The highest BCUT2D eigenvalue weighted by molar-refractivity contribution is 5.76. The first-order valence-corrected chi connectivity index (χ1v) is 3.21. The van der Waals surface area contributed by atoms with E-state index in [9.17, 15) is 4.79 Å². The highest BCUT2D eigenvalue weighted by atomic mass is 16.2. The zero-order chi connectivity index (χ0) is 7.78. The molecule has 0 aliphatic carbocycles. The minimum Gasteiger partial charge on any atom is -0.311 e. The lowest BCUT2D eigenvalue weighted by molar-refractivity contribution is 0.240. The lowest BCUT2D eigenvalue weighted by Gasteiger charge is -2.22. The zero-order valence-corrected chi connectivity index (χ0v) is 6.38. The summed E-state index contributed by atoms with van der Waals surface area (Å²) in [5.41, 5.74) is -0.0321. The van der Waals surface area contributed by atoms with E-state index < -0.39 is 0 Å². The number of amides is 2. The van der Waals surface area contributed by atoms with Crippen molar-refractivity contribution in [1.29, 1.82) is 0 Å². The van der Waals surface area contributed by atoms with Gasteiger partial charge in [-0.05, 0) is 0 Å². The third-order valence-corrected chi connectivity index (χ3v) is 1.34. The van der Waals surface area contributed by atoms with E-state index in [1.807, 2.05) is 20.8 Å². The van der Waals surface area contributed by atoms with E-state index in [0.717, 1.165) is 0 Å². The molecule has 1 heterocycles. The van der Waals surface area contributed by atoms with E-state index in [0.29, 0.717) is 0 Å². The van der Waals surface area contributed by atoms with E-state index in [1.54, 1.807) is 0 Å². The van der Waals surface area contributed by atoms with Gasteiger partial charge in [-0.2, -0.15) is 5.11 Å². The number of nitrogens with zero attached hydrogens (tertiary/aromatic N) is 2. The fourth-order valence-electron chi connectivity index (χ4n) is 0.675. The number of nitrogens with one attached hydrogen (secondary N) is 1. The van der Waals surface area contributed by atoms with Gasteiger partial charge in [-0.1, -0.05) is 25.9 Å². The van der Waals surface area contributed by atoms with Crippen LogP contribution in [-0.2, 0) is 0 Å². The fraction of sp³-hybridized carbons (Fsp3) is 0.833. The SMILES string of the molecule is CC(C)(C)C1N=NC(=O)N1. The van der Waals surface area contributed by atoms with Crippen molar-refractivity contribution in [1.82, 2.24) is 5.32 Å². The van der Waals surface area contributed by atoms with Crippen molar-refractivity contribution in [2.75, 3.05) is 0 Å². The number of urea groups is 1. The average Bonchev–Trinajstić information content (AvgIpc) is 2.11. The quantitative estimate of drug-likeness (QED) is 0.546. The number of hydrogen-bond donors (Lipinski definition) is 1. The van der Waals surface area contributed by atoms with Crippen molar-refractivity contribution in [3.8, 4) is 0 Å². The first-order chi connectivity index (χ1) is 4.50. The summed E-state index contributed by atoms with van der Waals surface area (Å²) in [4.78, 5) is 10.5. The van der Waals surface area contributed by atoms with Crippen LogP contribution in [0.2, 0.25) is 0 Å². The van der Waals surface area contributed by atoms with Crippen LogP contribution in [0.25, 0.3) is 0 Å². The summed E-state index contributed by atoms with van der Waals surface area (Å²) >= 11 is 0. The lowest BCUT2D eigenvalue weighted by Crippen LogP contribution is -2.36. The van der Waals surface area contributed by atoms with Crippen LogP contribution in [0.15, 0.2) is 10.2 Å².